The normalized spacial score (nSPS) is 9.95. The van der Waals surface area contributed by atoms with E-state index in [9.17, 15) is 19.2 Å². The molecule has 0 saturated carbocycles. The monoisotopic (exact) mass is 268 g/mol. The molecule has 1 rings (SSSR count). The highest BCUT2D eigenvalue weighted by molar-refractivity contribution is 6.00. The molecule has 0 unspecified atom stereocenters. The fourth-order valence-electron chi connectivity index (χ4n) is 1.42. The molecule has 0 radical (unpaired) electrons. The molecule has 0 bridgehead atoms. The van der Waals surface area contributed by atoms with Crippen LogP contribution in [0.2, 0.25) is 0 Å². The van der Waals surface area contributed by atoms with Crippen molar-refractivity contribution >= 4 is 23.6 Å². The van der Waals surface area contributed by atoms with Crippen molar-refractivity contribution in [2.24, 2.45) is 0 Å². The molecule has 1 aromatic rings. The average molecular weight is 268 g/mol. The van der Waals surface area contributed by atoms with Gasteiger partial charge in [0.05, 0.1) is 0 Å². The summed E-state index contributed by atoms with van der Waals surface area (Å²) in [4.78, 5) is 47.3. The number of hydrogen-bond acceptors (Lipinski definition) is 4. The van der Waals surface area contributed by atoms with Gasteiger partial charge in [0, 0.05) is 11.8 Å². The van der Waals surface area contributed by atoms with Crippen molar-refractivity contribution in [1.29, 1.82) is 0 Å². The maximum Gasteiger partial charge on any atom is 0.323 e. The zero-order valence-corrected chi connectivity index (χ0v) is 10.0. The van der Waals surface area contributed by atoms with Gasteiger partial charge in [-0.1, -0.05) is 0 Å². The van der Waals surface area contributed by atoms with Crippen LogP contribution < -0.4 is 0 Å². The molecular formula is C11H12N2O6. The molecule has 1 heterocycles. The number of carboxylic acids is 2. The Morgan fingerprint density at radius 1 is 1.16 bits per heavy atom. The van der Waals surface area contributed by atoms with E-state index in [1.54, 1.807) is 0 Å². The van der Waals surface area contributed by atoms with E-state index in [1.807, 2.05) is 0 Å². The Bertz CT molecular complexity index is 517. The highest BCUT2D eigenvalue weighted by Gasteiger charge is 2.22. The minimum Gasteiger partial charge on any atom is -0.480 e. The van der Waals surface area contributed by atoms with E-state index in [-0.39, 0.29) is 17.0 Å². The van der Waals surface area contributed by atoms with E-state index in [4.69, 9.17) is 10.2 Å². The van der Waals surface area contributed by atoms with Crippen molar-refractivity contribution in [2.75, 3.05) is 13.1 Å². The van der Waals surface area contributed by atoms with Gasteiger partial charge in [0.25, 0.3) is 5.91 Å². The van der Waals surface area contributed by atoms with Crippen molar-refractivity contribution < 1.29 is 29.4 Å². The van der Waals surface area contributed by atoms with Crippen LogP contribution in [0, 0.1) is 0 Å². The molecule has 1 aromatic heterocycles. The summed E-state index contributed by atoms with van der Waals surface area (Å²) in [6, 6.07) is 1.25. The Kier molecular flexibility index (Phi) is 4.41. The fraction of sp³-hybridized carbons (Fsp3) is 0.273. The summed E-state index contributed by atoms with van der Waals surface area (Å²) in [6.45, 7) is -0.164. The smallest absolute Gasteiger partial charge is 0.323 e. The number of amides is 1. The lowest BCUT2D eigenvalue weighted by Gasteiger charge is -2.17. The minimum absolute atomic E-state index is 0.0345. The quantitative estimate of drug-likeness (QED) is 0.614. The highest BCUT2D eigenvalue weighted by atomic mass is 16.4. The van der Waals surface area contributed by atoms with Crippen LogP contribution in [-0.4, -0.2) is 56.8 Å². The lowest BCUT2D eigenvalue weighted by molar-refractivity contribution is -0.140. The van der Waals surface area contributed by atoms with Crippen LogP contribution in [0.5, 0.6) is 0 Å². The third-order valence-electron chi connectivity index (χ3n) is 2.26. The van der Waals surface area contributed by atoms with Gasteiger partial charge in [0.15, 0.2) is 5.78 Å². The summed E-state index contributed by atoms with van der Waals surface area (Å²) in [5.41, 5.74) is 0.224. The summed E-state index contributed by atoms with van der Waals surface area (Å²) < 4.78 is 0. The topological polar surface area (TPSA) is 128 Å². The van der Waals surface area contributed by atoms with Gasteiger partial charge >= 0.3 is 11.9 Å². The van der Waals surface area contributed by atoms with Gasteiger partial charge < -0.3 is 20.1 Å². The number of carbonyl (C=O) groups excluding carboxylic acids is 2. The molecule has 3 N–H and O–H groups in total. The van der Waals surface area contributed by atoms with Gasteiger partial charge in [-0.3, -0.25) is 19.2 Å². The Hall–Kier alpha value is -2.64. The van der Waals surface area contributed by atoms with Crippen molar-refractivity contribution in [1.82, 2.24) is 9.88 Å². The van der Waals surface area contributed by atoms with Crippen LogP contribution in [0.1, 0.15) is 27.8 Å². The SMILES string of the molecule is CC(=O)c1c[nH]c(C(=O)N(CC(=O)O)CC(=O)O)c1. The Morgan fingerprint density at radius 2 is 1.68 bits per heavy atom. The van der Waals surface area contributed by atoms with Crippen LogP contribution >= 0.6 is 0 Å². The third-order valence-corrected chi connectivity index (χ3v) is 2.26. The Morgan fingerprint density at radius 3 is 2.05 bits per heavy atom. The first-order chi connectivity index (χ1) is 8.81. The molecule has 0 saturated heterocycles. The van der Waals surface area contributed by atoms with E-state index < -0.39 is 30.9 Å². The van der Waals surface area contributed by atoms with Crippen LogP contribution in [0.25, 0.3) is 0 Å². The van der Waals surface area contributed by atoms with Crippen molar-refractivity contribution in [2.45, 2.75) is 6.92 Å². The number of nitrogens with zero attached hydrogens (tertiary/aromatic N) is 1. The number of aromatic nitrogens is 1. The first kappa shape index (κ1) is 14.4. The van der Waals surface area contributed by atoms with Gasteiger partial charge in [-0.15, -0.1) is 0 Å². The molecule has 0 spiro atoms. The highest BCUT2D eigenvalue weighted by Crippen LogP contribution is 2.07. The Balaban J connectivity index is 2.93. The second-order valence-electron chi connectivity index (χ2n) is 3.81. The van der Waals surface area contributed by atoms with Gasteiger partial charge in [-0.05, 0) is 13.0 Å². The molecule has 0 aliphatic heterocycles. The summed E-state index contributed by atoms with van der Waals surface area (Å²) in [7, 11) is 0. The second kappa shape index (κ2) is 5.80. The number of hydrogen-bond donors (Lipinski definition) is 3. The standard InChI is InChI=1S/C11H12N2O6/c1-6(14)7-2-8(12-3-7)11(19)13(4-9(15)16)5-10(17)18/h2-3,12H,4-5H2,1H3,(H,15,16)(H,17,18). The fourth-order valence-corrected chi connectivity index (χ4v) is 1.42. The van der Waals surface area contributed by atoms with E-state index in [0.717, 1.165) is 0 Å². The average Bonchev–Trinajstić information content (AvgIpc) is 2.75. The number of rotatable bonds is 6. The number of Topliss-reactive ketones (excluding diaryl/α,β-unsaturated/α-hetero) is 1. The molecular weight excluding hydrogens is 256 g/mol. The lowest BCUT2D eigenvalue weighted by atomic mass is 10.2. The van der Waals surface area contributed by atoms with Crippen LogP contribution in [0.3, 0.4) is 0 Å². The summed E-state index contributed by atoms with van der Waals surface area (Å²) >= 11 is 0. The summed E-state index contributed by atoms with van der Waals surface area (Å²) in [6.07, 6.45) is 1.30. The van der Waals surface area contributed by atoms with E-state index in [2.05, 4.69) is 4.98 Å². The number of carbonyl (C=O) groups is 4. The molecule has 19 heavy (non-hydrogen) atoms. The van der Waals surface area contributed by atoms with Gasteiger partial charge in [0.1, 0.15) is 18.8 Å². The van der Waals surface area contributed by atoms with Gasteiger partial charge in [-0.25, -0.2) is 0 Å². The number of nitrogens with one attached hydrogen (secondary N) is 1. The van der Waals surface area contributed by atoms with Gasteiger partial charge in [-0.2, -0.15) is 0 Å². The summed E-state index contributed by atoms with van der Waals surface area (Å²) in [5, 5.41) is 17.3. The van der Waals surface area contributed by atoms with Crippen LogP contribution in [0.15, 0.2) is 12.3 Å². The molecule has 0 aliphatic rings. The van der Waals surface area contributed by atoms with Crippen LogP contribution in [0.4, 0.5) is 0 Å². The molecule has 1 amide bonds. The molecule has 0 aliphatic carbocycles. The zero-order chi connectivity index (χ0) is 14.6. The van der Waals surface area contributed by atoms with Gasteiger partial charge in [0.2, 0.25) is 0 Å². The number of ketones is 1. The second-order valence-corrected chi connectivity index (χ2v) is 3.81. The van der Waals surface area contributed by atoms with E-state index in [1.165, 1.54) is 19.2 Å². The molecule has 0 aromatic carbocycles. The van der Waals surface area contributed by atoms with Crippen molar-refractivity contribution in [3.05, 3.63) is 23.5 Å². The molecule has 0 fully saturated rings. The number of aromatic amines is 1. The molecule has 8 heteroatoms. The van der Waals surface area contributed by atoms with Crippen molar-refractivity contribution in [3.63, 3.8) is 0 Å². The lowest BCUT2D eigenvalue weighted by Crippen LogP contribution is -2.39. The molecule has 8 nitrogen and oxygen atoms in total. The first-order valence-electron chi connectivity index (χ1n) is 5.23. The molecule has 0 atom stereocenters. The van der Waals surface area contributed by atoms with Crippen molar-refractivity contribution in [3.8, 4) is 0 Å². The maximum absolute atomic E-state index is 11.9. The number of aliphatic carboxylic acids is 2. The zero-order valence-electron chi connectivity index (χ0n) is 10.0. The van der Waals surface area contributed by atoms with E-state index in [0.29, 0.717) is 4.90 Å². The van der Waals surface area contributed by atoms with E-state index >= 15 is 0 Å². The predicted molar refractivity (Wildman–Crippen MR) is 62.0 cm³/mol. The third kappa shape index (κ3) is 3.95. The molecule has 102 valence electrons. The first-order valence-corrected chi connectivity index (χ1v) is 5.23. The van der Waals surface area contributed by atoms with Crippen LogP contribution in [-0.2, 0) is 9.59 Å². The Labute approximate surface area is 107 Å². The maximum atomic E-state index is 11.9. The number of H-pyrrole nitrogens is 1. The number of carboxylic acid groups (broad SMARTS) is 2. The summed E-state index contributed by atoms with van der Waals surface area (Å²) in [5.74, 6) is -3.71. The largest absolute Gasteiger partial charge is 0.480 e. The predicted octanol–water partition coefficient (Wildman–Crippen LogP) is -0.171. The minimum atomic E-state index is -1.33.